The Morgan fingerprint density at radius 2 is 2.15 bits per heavy atom. The molecule has 2 fully saturated rings. The van der Waals surface area contributed by atoms with Crippen LogP contribution in [0.2, 0.25) is 5.15 Å². The maximum Gasteiger partial charge on any atom is 0.169 e. The van der Waals surface area contributed by atoms with E-state index in [0.717, 1.165) is 24.4 Å². The normalized spacial score (nSPS) is 23.9. The second-order valence-corrected chi connectivity index (χ2v) is 8.97. The molecule has 0 N–H and O–H groups in total. The highest BCUT2D eigenvalue weighted by atomic mass is 35.5. The molecule has 8 heteroatoms. The second-order valence-electron chi connectivity index (χ2n) is 5.23. The van der Waals surface area contributed by atoms with Gasteiger partial charge in [-0.2, -0.15) is 11.8 Å². The summed E-state index contributed by atoms with van der Waals surface area (Å²) < 4.78 is 23.9. The molecule has 20 heavy (non-hydrogen) atoms. The first-order valence-electron chi connectivity index (χ1n) is 6.53. The molecule has 1 saturated carbocycles. The summed E-state index contributed by atoms with van der Waals surface area (Å²) in [5, 5.41) is -0.137. The van der Waals surface area contributed by atoms with Crippen LogP contribution in [0.25, 0.3) is 0 Å². The van der Waals surface area contributed by atoms with Crippen LogP contribution in [0.15, 0.2) is 6.07 Å². The lowest BCUT2D eigenvalue weighted by Crippen LogP contribution is -2.47. The minimum absolute atomic E-state index is 0.391. The number of thioether (sulfide) groups is 1. The van der Waals surface area contributed by atoms with Crippen molar-refractivity contribution < 1.29 is 8.42 Å². The van der Waals surface area contributed by atoms with Gasteiger partial charge in [0.05, 0.1) is 0 Å². The van der Waals surface area contributed by atoms with E-state index in [1.807, 2.05) is 4.90 Å². The van der Waals surface area contributed by atoms with Crippen LogP contribution in [0.5, 0.6) is 0 Å². The molecule has 110 valence electrons. The Hall–Kier alpha value is -0.530. The smallest absolute Gasteiger partial charge is 0.169 e. The van der Waals surface area contributed by atoms with E-state index in [-0.39, 0.29) is 0 Å². The molecule has 1 aromatic heterocycles. The molecule has 0 bridgehead atoms. The van der Waals surface area contributed by atoms with Crippen molar-refractivity contribution >= 4 is 39.0 Å². The van der Waals surface area contributed by atoms with Gasteiger partial charge in [-0.05, 0) is 12.8 Å². The first kappa shape index (κ1) is 14.4. The highest BCUT2D eigenvalue weighted by molar-refractivity contribution is 8.01. The summed E-state index contributed by atoms with van der Waals surface area (Å²) in [7, 11) is -3.15. The lowest BCUT2D eigenvalue weighted by molar-refractivity contribution is 0.583. The summed E-state index contributed by atoms with van der Waals surface area (Å²) in [6.07, 6.45) is 3.46. The van der Waals surface area contributed by atoms with Gasteiger partial charge in [0.15, 0.2) is 9.84 Å². The van der Waals surface area contributed by atoms with Gasteiger partial charge >= 0.3 is 0 Å². The lowest BCUT2D eigenvalue weighted by Gasteiger charge is -2.35. The minimum atomic E-state index is -3.15. The third kappa shape index (κ3) is 3.04. The fourth-order valence-corrected chi connectivity index (χ4v) is 5.30. The van der Waals surface area contributed by atoms with Crippen molar-refractivity contribution in [2.24, 2.45) is 0 Å². The van der Waals surface area contributed by atoms with Crippen LogP contribution in [0.3, 0.4) is 0 Å². The molecule has 5 nitrogen and oxygen atoms in total. The number of anilines is 1. The molecule has 1 unspecified atom stereocenters. The van der Waals surface area contributed by atoms with Crippen LogP contribution in [0.4, 0.5) is 5.82 Å². The van der Waals surface area contributed by atoms with Crippen LogP contribution >= 0.6 is 23.4 Å². The van der Waals surface area contributed by atoms with Gasteiger partial charge in [-0.15, -0.1) is 0 Å². The highest BCUT2D eigenvalue weighted by Gasteiger charge is 2.33. The van der Waals surface area contributed by atoms with E-state index in [2.05, 4.69) is 9.97 Å². The number of aromatic nitrogens is 2. The van der Waals surface area contributed by atoms with Gasteiger partial charge in [0, 0.05) is 36.3 Å². The quantitative estimate of drug-likeness (QED) is 0.788. The summed E-state index contributed by atoms with van der Waals surface area (Å²) in [6.45, 7) is 0.667. The van der Waals surface area contributed by atoms with Crippen LogP contribution in [-0.4, -0.2) is 48.1 Å². The Morgan fingerprint density at radius 1 is 1.40 bits per heavy atom. The van der Waals surface area contributed by atoms with Crippen molar-refractivity contribution in [3.8, 4) is 0 Å². The van der Waals surface area contributed by atoms with Crippen LogP contribution < -0.4 is 4.90 Å². The molecule has 3 rings (SSSR count). The maximum absolute atomic E-state index is 12.0. The molecule has 1 aromatic rings. The predicted molar refractivity (Wildman–Crippen MR) is 82.3 cm³/mol. The highest BCUT2D eigenvalue weighted by Crippen LogP contribution is 2.39. The molecular weight excluding hydrogens is 318 g/mol. The Morgan fingerprint density at radius 3 is 2.80 bits per heavy atom. The molecule has 1 atom stereocenters. The number of halogens is 1. The number of sulfone groups is 1. The third-order valence-corrected chi connectivity index (χ3v) is 6.35. The Labute approximate surface area is 128 Å². The van der Waals surface area contributed by atoms with Crippen LogP contribution in [-0.2, 0) is 9.84 Å². The summed E-state index contributed by atoms with van der Waals surface area (Å²) in [6, 6.07) is 1.67. The van der Waals surface area contributed by atoms with Gasteiger partial charge in [0.25, 0.3) is 0 Å². The molecule has 1 aliphatic heterocycles. The molecule has 0 radical (unpaired) electrons. The van der Waals surface area contributed by atoms with Crippen molar-refractivity contribution in [3.05, 3.63) is 17.0 Å². The zero-order chi connectivity index (χ0) is 14.3. The Bertz CT molecular complexity index is 619. The first-order valence-corrected chi connectivity index (χ1v) is 10.0. The average molecular weight is 334 g/mol. The van der Waals surface area contributed by atoms with Crippen LogP contribution in [0, 0.1) is 0 Å². The van der Waals surface area contributed by atoms with Gasteiger partial charge in [-0.25, -0.2) is 18.4 Å². The summed E-state index contributed by atoms with van der Waals surface area (Å²) in [5.74, 6) is 3.25. The SMILES string of the molecule is CS(=O)(=O)C1CSCCN1c1cc(Cl)nc(C2CC2)n1. The number of hydrogen-bond acceptors (Lipinski definition) is 6. The Kier molecular flexibility index (Phi) is 3.85. The Balaban J connectivity index is 1.97. The van der Waals surface area contributed by atoms with E-state index in [9.17, 15) is 8.42 Å². The zero-order valence-electron chi connectivity index (χ0n) is 11.1. The largest absolute Gasteiger partial charge is 0.338 e. The first-order chi connectivity index (χ1) is 9.45. The number of hydrogen-bond donors (Lipinski definition) is 0. The van der Waals surface area contributed by atoms with Crippen LogP contribution in [0.1, 0.15) is 24.6 Å². The summed E-state index contributed by atoms with van der Waals surface area (Å²) in [5.41, 5.74) is 0. The topological polar surface area (TPSA) is 63.2 Å². The number of nitrogens with zero attached hydrogens (tertiary/aromatic N) is 3. The van der Waals surface area contributed by atoms with Crippen molar-refractivity contribution in [3.63, 3.8) is 0 Å². The molecule has 0 spiro atoms. The van der Waals surface area contributed by atoms with Gasteiger partial charge in [-0.3, -0.25) is 0 Å². The van der Waals surface area contributed by atoms with E-state index >= 15 is 0 Å². The lowest BCUT2D eigenvalue weighted by atomic mass is 10.3. The maximum atomic E-state index is 12.0. The van der Waals surface area contributed by atoms with E-state index in [1.165, 1.54) is 6.26 Å². The zero-order valence-corrected chi connectivity index (χ0v) is 13.5. The summed E-state index contributed by atoms with van der Waals surface area (Å²) >= 11 is 7.73. The monoisotopic (exact) mass is 333 g/mol. The standard InChI is InChI=1S/C12H16ClN3O2S2/c1-20(17,18)11-7-19-5-4-16(11)10-6-9(13)14-12(15-10)8-2-3-8/h6,8,11H,2-5,7H2,1H3. The van der Waals surface area contributed by atoms with Gasteiger partial charge in [-0.1, -0.05) is 11.6 Å². The third-order valence-electron chi connectivity index (χ3n) is 3.51. The summed E-state index contributed by atoms with van der Waals surface area (Å²) in [4.78, 5) is 10.6. The van der Waals surface area contributed by atoms with E-state index < -0.39 is 15.2 Å². The molecule has 0 amide bonds. The van der Waals surface area contributed by atoms with E-state index in [1.54, 1.807) is 17.8 Å². The van der Waals surface area contributed by atoms with Crippen molar-refractivity contribution in [2.75, 3.05) is 29.2 Å². The molecule has 1 aliphatic carbocycles. The molecule has 2 aliphatic rings. The fraction of sp³-hybridized carbons (Fsp3) is 0.667. The fourth-order valence-electron chi connectivity index (χ4n) is 2.29. The average Bonchev–Trinajstić information content (AvgIpc) is 3.21. The van der Waals surface area contributed by atoms with E-state index in [4.69, 9.17) is 11.6 Å². The molecule has 2 heterocycles. The second kappa shape index (κ2) is 5.35. The van der Waals surface area contributed by atoms with Gasteiger partial charge in [0.2, 0.25) is 0 Å². The van der Waals surface area contributed by atoms with Gasteiger partial charge < -0.3 is 4.90 Å². The molecule has 1 saturated heterocycles. The number of rotatable bonds is 3. The van der Waals surface area contributed by atoms with Gasteiger partial charge in [0.1, 0.15) is 22.2 Å². The minimum Gasteiger partial charge on any atom is -0.338 e. The van der Waals surface area contributed by atoms with Crippen molar-refractivity contribution in [2.45, 2.75) is 24.1 Å². The van der Waals surface area contributed by atoms with E-state index in [0.29, 0.717) is 29.2 Å². The predicted octanol–water partition coefficient (Wildman–Crippen LogP) is 1.93. The molecule has 0 aromatic carbocycles. The van der Waals surface area contributed by atoms with Crippen molar-refractivity contribution in [1.82, 2.24) is 9.97 Å². The molecular formula is C12H16ClN3O2S2. The van der Waals surface area contributed by atoms with Crippen molar-refractivity contribution in [1.29, 1.82) is 0 Å².